The average molecular weight is 479 g/mol. The van der Waals surface area contributed by atoms with Gasteiger partial charge in [-0.05, 0) is 49.1 Å². The lowest BCUT2D eigenvalue weighted by molar-refractivity contribution is -0.137. The summed E-state index contributed by atoms with van der Waals surface area (Å²) in [6.07, 6.45) is -1.84. The van der Waals surface area contributed by atoms with Crippen molar-refractivity contribution in [2.45, 2.75) is 32.5 Å². The first-order chi connectivity index (χ1) is 15.8. The van der Waals surface area contributed by atoms with Crippen molar-refractivity contribution in [2.75, 3.05) is 47.9 Å². The molecule has 9 heteroatoms. The normalized spacial score (nSPS) is 20.0. The standard InChI is InChI=1S/C24H29F3N4OS/c1-17-14-18(15-30-10-12-33-13-11-30)6-7-21(17)29-23(32)19-4-3-9-31(16-19)22-20(24(25,26)27)5-2-8-28-22/h2,5-8,14,19H,3-4,9-13,15-16H2,1H3,(H,29,32). The van der Waals surface area contributed by atoms with Crippen LogP contribution in [0, 0.1) is 12.8 Å². The first-order valence-corrected chi connectivity index (χ1v) is 12.4. The van der Waals surface area contributed by atoms with Gasteiger partial charge >= 0.3 is 6.18 Å². The number of piperidine rings is 1. The number of halogens is 3. The van der Waals surface area contributed by atoms with Crippen LogP contribution in [0.25, 0.3) is 0 Å². The number of nitrogens with zero attached hydrogens (tertiary/aromatic N) is 3. The summed E-state index contributed by atoms with van der Waals surface area (Å²) in [7, 11) is 0. The Kier molecular flexibility index (Phi) is 7.48. The highest BCUT2D eigenvalue weighted by molar-refractivity contribution is 7.99. The van der Waals surface area contributed by atoms with E-state index >= 15 is 0 Å². The zero-order valence-corrected chi connectivity index (χ0v) is 19.5. The number of anilines is 2. The van der Waals surface area contributed by atoms with Crippen molar-refractivity contribution >= 4 is 29.2 Å². The smallest absolute Gasteiger partial charge is 0.355 e. The molecule has 2 fully saturated rings. The molecule has 3 heterocycles. The minimum absolute atomic E-state index is 0.0980. The molecule has 0 spiro atoms. The lowest BCUT2D eigenvalue weighted by Gasteiger charge is -2.34. The average Bonchev–Trinajstić information content (AvgIpc) is 2.81. The van der Waals surface area contributed by atoms with Crippen molar-refractivity contribution in [1.29, 1.82) is 0 Å². The number of alkyl halides is 3. The Balaban J connectivity index is 1.40. The molecule has 0 bridgehead atoms. The molecule has 178 valence electrons. The molecule has 0 aliphatic carbocycles. The highest BCUT2D eigenvalue weighted by Crippen LogP contribution is 2.36. The number of pyridine rings is 1. The number of aryl methyl sites for hydroxylation is 1. The topological polar surface area (TPSA) is 48.5 Å². The van der Waals surface area contributed by atoms with Crippen LogP contribution in [0.2, 0.25) is 0 Å². The third-order valence-electron chi connectivity index (χ3n) is 6.24. The number of hydrogen-bond acceptors (Lipinski definition) is 5. The highest BCUT2D eigenvalue weighted by Gasteiger charge is 2.37. The van der Waals surface area contributed by atoms with Crippen LogP contribution in [-0.2, 0) is 17.5 Å². The fraction of sp³-hybridized carbons (Fsp3) is 0.500. The van der Waals surface area contributed by atoms with Gasteiger partial charge in [-0.1, -0.05) is 12.1 Å². The van der Waals surface area contributed by atoms with E-state index in [-0.39, 0.29) is 18.3 Å². The third kappa shape index (κ3) is 6.00. The molecular formula is C24H29F3N4OS. The second-order valence-electron chi connectivity index (χ2n) is 8.68. The Morgan fingerprint density at radius 1 is 1.21 bits per heavy atom. The van der Waals surface area contributed by atoms with E-state index in [0.29, 0.717) is 19.4 Å². The number of amides is 1. The van der Waals surface area contributed by atoms with Gasteiger partial charge in [0.1, 0.15) is 5.82 Å². The third-order valence-corrected chi connectivity index (χ3v) is 7.18. The first kappa shape index (κ1) is 23.9. The molecule has 1 aromatic carbocycles. The number of carbonyl (C=O) groups excluding carboxylic acids is 1. The summed E-state index contributed by atoms with van der Waals surface area (Å²) >= 11 is 1.98. The molecular weight excluding hydrogens is 449 g/mol. The molecule has 0 saturated carbocycles. The molecule has 1 atom stereocenters. The van der Waals surface area contributed by atoms with Crippen LogP contribution in [0.4, 0.5) is 24.7 Å². The Bertz CT molecular complexity index is 978. The van der Waals surface area contributed by atoms with Crippen molar-refractivity contribution < 1.29 is 18.0 Å². The van der Waals surface area contributed by atoms with Gasteiger partial charge in [0, 0.05) is 56.1 Å². The van der Waals surface area contributed by atoms with Crippen LogP contribution < -0.4 is 10.2 Å². The Hall–Kier alpha value is -2.26. The largest absolute Gasteiger partial charge is 0.419 e. The van der Waals surface area contributed by atoms with Crippen molar-refractivity contribution in [3.63, 3.8) is 0 Å². The Morgan fingerprint density at radius 2 is 2.00 bits per heavy atom. The summed E-state index contributed by atoms with van der Waals surface area (Å²) in [6.45, 7) is 5.72. The van der Waals surface area contributed by atoms with Crippen molar-refractivity contribution in [3.05, 3.63) is 53.2 Å². The highest BCUT2D eigenvalue weighted by atomic mass is 32.2. The number of carbonyl (C=O) groups is 1. The molecule has 0 radical (unpaired) electrons. The summed E-state index contributed by atoms with van der Waals surface area (Å²) in [5.74, 6) is 1.67. The van der Waals surface area contributed by atoms with E-state index < -0.39 is 17.7 Å². The number of aromatic nitrogens is 1. The molecule has 2 aliphatic rings. The van der Waals surface area contributed by atoms with E-state index in [1.54, 1.807) is 4.90 Å². The van der Waals surface area contributed by atoms with Crippen LogP contribution in [0.5, 0.6) is 0 Å². The zero-order valence-electron chi connectivity index (χ0n) is 18.7. The maximum Gasteiger partial charge on any atom is 0.419 e. The quantitative estimate of drug-likeness (QED) is 0.668. The van der Waals surface area contributed by atoms with Gasteiger partial charge in [0.2, 0.25) is 5.91 Å². The van der Waals surface area contributed by atoms with E-state index in [2.05, 4.69) is 21.3 Å². The molecule has 1 amide bonds. The maximum atomic E-state index is 13.4. The van der Waals surface area contributed by atoms with E-state index in [4.69, 9.17) is 0 Å². The van der Waals surface area contributed by atoms with E-state index in [1.807, 2.05) is 30.8 Å². The van der Waals surface area contributed by atoms with Crippen molar-refractivity contribution in [3.8, 4) is 0 Å². The fourth-order valence-electron chi connectivity index (χ4n) is 4.47. The second-order valence-corrected chi connectivity index (χ2v) is 9.91. The minimum atomic E-state index is -4.48. The van der Waals surface area contributed by atoms with Gasteiger partial charge in [0.25, 0.3) is 0 Å². The number of hydrogen-bond donors (Lipinski definition) is 1. The van der Waals surface area contributed by atoms with Crippen LogP contribution in [0.3, 0.4) is 0 Å². The van der Waals surface area contributed by atoms with Crippen molar-refractivity contribution in [1.82, 2.24) is 9.88 Å². The predicted molar refractivity (Wildman–Crippen MR) is 127 cm³/mol. The summed E-state index contributed by atoms with van der Waals surface area (Å²) in [4.78, 5) is 21.0. The van der Waals surface area contributed by atoms with Gasteiger partial charge in [0.15, 0.2) is 0 Å². The lowest BCUT2D eigenvalue weighted by atomic mass is 9.96. The molecule has 4 rings (SSSR count). The summed E-state index contributed by atoms with van der Waals surface area (Å²) in [5.41, 5.74) is 2.20. The molecule has 2 aromatic rings. The number of benzene rings is 1. The maximum absolute atomic E-state index is 13.4. The number of nitrogens with one attached hydrogen (secondary N) is 1. The molecule has 2 saturated heterocycles. The molecule has 1 N–H and O–H groups in total. The number of rotatable bonds is 5. The summed E-state index contributed by atoms with van der Waals surface area (Å²) < 4.78 is 40.3. The monoisotopic (exact) mass is 478 g/mol. The summed E-state index contributed by atoms with van der Waals surface area (Å²) in [6, 6.07) is 8.41. The molecule has 1 aromatic heterocycles. The van der Waals surface area contributed by atoms with Crippen LogP contribution in [0.15, 0.2) is 36.5 Å². The number of thioether (sulfide) groups is 1. The van der Waals surface area contributed by atoms with Gasteiger partial charge in [0.05, 0.1) is 11.5 Å². The zero-order chi connectivity index (χ0) is 23.4. The van der Waals surface area contributed by atoms with Gasteiger partial charge in [-0.3, -0.25) is 9.69 Å². The molecule has 5 nitrogen and oxygen atoms in total. The van der Waals surface area contributed by atoms with E-state index in [1.165, 1.54) is 17.8 Å². The van der Waals surface area contributed by atoms with Crippen LogP contribution in [0.1, 0.15) is 29.5 Å². The van der Waals surface area contributed by atoms with E-state index in [9.17, 15) is 18.0 Å². The second kappa shape index (κ2) is 10.3. The van der Waals surface area contributed by atoms with Crippen LogP contribution >= 0.6 is 11.8 Å². The summed E-state index contributed by atoms with van der Waals surface area (Å²) in [5, 5.41) is 3.00. The molecule has 33 heavy (non-hydrogen) atoms. The molecule has 1 unspecified atom stereocenters. The molecule has 2 aliphatic heterocycles. The van der Waals surface area contributed by atoms with Crippen molar-refractivity contribution in [2.24, 2.45) is 5.92 Å². The van der Waals surface area contributed by atoms with Gasteiger partial charge in [-0.2, -0.15) is 24.9 Å². The Morgan fingerprint density at radius 3 is 2.73 bits per heavy atom. The van der Waals surface area contributed by atoms with Gasteiger partial charge in [-0.25, -0.2) is 4.98 Å². The van der Waals surface area contributed by atoms with Gasteiger partial charge < -0.3 is 10.2 Å². The van der Waals surface area contributed by atoms with Crippen LogP contribution in [-0.4, -0.2) is 53.5 Å². The Labute approximate surface area is 196 Å². The SMILES string of the molecule is Cc1cc(CN2CCSCC2)ccc1NC(=O)C1CCCN(c2ncccc2C(F)(F)F)C1. The first-order valence-electron chi connectivity index (χ1n) is 11.3. The lowest BCUT2D eigenvalue weighted by Crippen LogP contribution is -2.42. The van der Waals surface area contributed by atoms with E-state index in [0.717, 1.165) is 48.5 Å². The van der Waals surface area contributed by atoms with Gasteiger partial charge in [-0.15, -0.1) is 0 Å². The minimum Gasteiger partial charge on any atom is -0.355 e. The predicted octanol–water partition coefficient (Wildman–Crippen LogP) is 4.81. The fourth-order valence-corrected chi connectivity index (χ4v) is 5.45.